The lowest BCUT2D eigenvalue weighted by Gasteiger charge is -2.18. The van der Waals surface area contributed by atoms with Gasteiger partial charge in [0.15, 0.2) is 5.84 Å². The lowest BCUT2D eigenvalue weighted by molar-refractivity contribution is -0.113. The predicted octanol–water partition coefficient (Wildman–Crippen LogP) is 8.35. The summed E-state index contributed by atoms with van der Waals surface area (Å²) in [6.45, 7) is 0. The molecule has 8 heteroatoms. The molecular weight excluding hydrogens is 506 g/mol. The van der Waals surface area contributed by atoms with Gasteiger partial charge in [-0.3, -0.25) is 9.69 Å². The molecule has 0 bridgehead atoms. The van der Waals surface area contributed by atoms with Crippen LogP contribution in [0.2, 0.25) is 20.1 Å². The number of amides is 1. The molecule has 2 heterocycles. The molecule has 158 valence electrons. The highest BCUT2D eigenvalue weighted by molar-refractivity contribution is 7.21. The maximum Gasteiger partial charge on any atom is 0.282 e. The van der Waals surface area contributed by atoms with Crippen molar-refractivity contribution in [3.8, 4) is 0 Å². The number of anilines is 1. The van der Waals surface area contributed by atoms with Crippen LogP contribution in [0.3, 0.4) is 0 Å². The zero-order chi connectivity index (χ0) is 22.4. The molecular formula is C24H12Cl4N2OS. The number of fused-ring (bicyclic) bond motifs is 1. The van der Waals surface area contributed by atoms with E-state index in [1.165, 1.54) is 11.3 Å². The molecule has 1 amide bonds. The summed E-state index contributed by atoms with van der Waals surface area (Å²) in [5.41, 5.74) is 1.52. The number of benzene rings is 3. The van der Waals surface area contributed by atoms with Crippen molar-refractivity contribution in [1.29, 1.82) is 0 Å². The molecule has 0 unspecified atom stereocenters. The minimum absolute atomic E-state index is 0.243. The minimum Gasteiger partial charge on any atom is -0.266 e. The summed E-state index contributed by atoms with van der Waals surface area (Å²) in [4.78, 5) is 20.4. The molecule has 32 heavy (non-hydrogen) atoms. The van der Waals surface area contributed by atoms with Gasteiger partial charge in [0.05, 0.1) is 15.6 Å². The Morgan fingerprint density at radius 1 is 0.875 bits per heavy atom. The van der Waals surface area contributed by atoms with Crippen molar-refractivity contribution in [2.75, 3.05) is 4.90 Å². The van der Waals surface area contributed by atoms with Crippen LogP contribution < -0.4 is 4.90 Å². The summed E-state index contributed by atoms with van der Waals surface area (Å²) in [5.74, 6) is 0.168. The molecule has 0 spiro atoms. The van der Waals surface area contributed by atoms with Crippen LogP contribution in [-0.4, -0.2) is 11.7 Å². The van der Waals surface area contributed by atoms with E-state index in [-0.39, 0.29) is 11.6 Å². The molecule has 3 aromatic carbocycles. The lowest BCUT2D eigenvalue weighted by Crippen LogP contribution is -2.32. The maximum atomic E-state index is 13.5. The summed E-state index contributed by atoms with van der Waals surface area (Å²) in [6, 6.07) is 19.9. The molecule has 0 aliphatic carbocycles. The van der Waals surface area contributed by atoms with Crippen LogP contribution in [0.15, 0.2) is 77.4 Å². The van der Waals surface area contributed by atoms with Crippen molar-refractivity contribution >= 4 is 91.3 Å². The monoisotopic (exact) mass is 516 g/mol. The second-order valence-electron chi connectivity index (χ2n) is 6.99. The number of thiophene rings is 1. The fourth-order valence-corrected chi connectivity index (χ4v) is 5.51. The number of nitrogens with zero attached hydrogens (tertiary/aromatic N) is 2. The summed E-state index contributed by atoms with van der Waals surface area (Å²) >= 11 is 26.6. The smallest absolute Gasteiger partial charge is 0.266 e. The Bertz CT molecular complexity index is 1440. The van der Waals surface area contributed by atoms with Gasteiger partial charge in [-0.2, -0.15) is 0 Å². The molecule has 5 rings (SSSR count). The highest BCUT2D eigenvalue weighted by Gasteiger charge is 2.35. The first kappa shape index (κ1) is 21.5. The number of halogens is 4. The van der Waals surface area contributed by atoms with Crippen molar-refractivity contribution in [2.24, 2.45) is 4.99 Å². The van der Waals surface area contributed by atoms with E-state index in [0.29, 0.717) is 42.1 Å². The second-order valence-corrected chi connectivity index (χ2v) is 9.70. The highest BCUT2D eigenvalue weighted by Crippen LogP contribution is 2.39. The quantitative estimate of drug-likeness (QED) is 0.251. The number of hydrogen-bond donors (Lipinski definition) is 0. The van der Waals surface area contributed by atoms with E-state index in [1.54, 1.807) is 53.4 Å². The van der Waals surface area contributed by atoms with Crippen molar-refractivity contribution in [3.05, 3.63) is 103 Å². The van der Waals surface area contributed by atoms with E-state index in [4.69, 9.17) is 46.4 Å². The molecule has 0 saturated carbocycles. The number of rotatable bonds is 3. The zero-order valence-corrected chi connectivity index (χ0v) is 20.0. The molecule has 0 saturated heterocycles. The molecule has 4 aromatic rings. The Morgan fingerprint density at radius 2 is 1.59 bits per heavy atom. The Hall–Kier alpha value is -2.34. The molecule has 1 aliphatic heterocycles. The zero-order valence-electron chi connectivity index (χ0n) is 16.2. The molecule has 3 nitrogen and oxygen atoms in total. The molecule has 1 aliphatic rings. The molecule has 0 atom stereocenters. The van der Waals surface area contributed by atoms with E-state index in [9.17, 15) is 4.79 Å². The van der Waals surface area contributed by atoms with Crippen LogP contribution in [0, 0.1) is 0 Å². The average molecular weight is 518 g/mol. The maximum absolute atomic E-state index is 13.5. The van der Waals surface area contributed by atoms with Crippen molar-refractivity contribution in [2.45, 2.75) is 0 Å². The number of aliphatic imine (C=N–C) groups is 1. The number of carbonyl (C=O) groups is 1. The summed E-state index contributed by atoms with van der Waals surface area (Å²) in [5, 5.41) is 2.99. The molecule has 1 aromatic heterocycles. The van der Waals surface area contributed by atoms with E-state index in [2.05, 4.69) is 4.99 Å². The van der Waals surface area contributed by atoms with E-state index in [1.807, 2.05) is 24.3 Å². The second kappa shape index (κ2) is 8.54. The fourth-order valence-electron chi connectivity index (χ4n) is 3.42. The van der Waals surface area contributed by atoms with E-state index in [0.717, 1.165) is 10.1 Å². The van der Waals surface area contributed by atoms with Crippen LogP contribution in [0.4, 0.5) is 5.69 Å². The van der Waals surface area contributed by atoms with Gasteiger partial charge in [-0.1, -0.05) is 70.7 Å². The SMILES string of the molecule is O=C1/C(=C\c2ccc(Cl)cc2Cl)N=C(c2sc3ccccc3c2Cl)N1c1ccc(Cl)cc1. The van der Waals surface area contributed by atoms with Gasteiger partial charge in [0.25, 0.3) is 5.91 Å². The Labute approximate surface area is 208 Å². The molecule has 0 radical (unpaired) electrons. The number of amidine groups is 1. The first-order valence-corrected chi connectivity index (χ1v) is 11.8. The Morgan fingerprint density at radius 3 is 2.31 bits per heavy atom. The minimum atomic E-state index is -0.290. The van der Waals surface area contributed by atoms with E-state index >= 15 is 0 Å². The van der Waals surface area contributed by atoms with Gasteiger partial charge < -0.3 is 0 Å². The topological polar surface area (TPSA) is 32.7 Å². The summed E-state index contributed by atoms with van der Waals surface area (Å²) < 4.78 is 1.01. The van der Waals surface area contributed by atoms with Crippen molar-refractivity contribution in [1.82, 2.24) is 0 Å². The third-order valence-electron chi connectivity index (χ3n) is 4.94. The summed E-state index contributed by atoms with van der Waals surface area (Å²) in [7, 11) is 0. The largest absolute Gasteiger partial charge is 0.282 e. The normalized spacial score (nSPS) is 15.1. The number of carbonyl (C=O) groups excluding carboxylic acids is 1. The van der Waals surface area contributed by atoms with Crippen LogP contribution >= 0.6 is 57.7 Å². The van der Waals surface area contributed by atoms with Crippen LogP contribution in [-0.2, 0) is 4.79 Å². The number of hydrogen-bond acceptors (Lipinski definition) is 3. The van der Waals surface area contributed by atoms with Crippen molar-refractivity contribution in [3.63, 3.8) is 0 Å². The van der Waals surface area contributed by atoms with Crippen LogP contribution in [0.25, 0.3) is 16.2 Å². The van der Waals surface area contributed by atoms with Gasteiger partial charge in [-0.15, -0.1) is 11.3 Å². The lowest BCUT2D eigenvalue weighted by atomic mass is 10.2. The van der Waals surface area contributed by atoms with Gasteiger partial charge in [0.2, 0.25) is 0 Å². The van der Waals surface area contributed by atoms with Gasteiger partial charge in [0, 0.05) is 25.2 Å². The van der Waals surface area contributed by atoms with Gasteiger partial charge in [-0.25, -0.2) is 4.99 Å². The predicted molar refractivity (Wildman–Crippen MR) is 137 cm³/mol. The standard InChI is InChI=1S/C24H12Cl4N2OS/c25-14-7-9-16(10-8-14)30-23(22-21(28)17-3-1-2-4-20(17)32-22)29-19(24(30)31)11-13-5-6-15(26)12-18(13)27/h1-12H/b19-11+. The molecule has 0 N–H and O–H groups in total. The van der Waals surface area contributed by atoms with Crippen LogP contribution in [0.1, 0.15) is 10.4 Å². The van der Waals surface area contributed by atoms with Gasteiger partial charge in [-0.05, 0) is 54.1 Å². The first-order chi connectivity index (χ1) is 15.4. The van der Waals surface area contributed by atoms with Crippen molar-refractivity contribution < 1.29 is 4.79 Å². The van der Waals surface area contributed by atoms with E-state index < -0.39 is 0 Å². The first-order valence-electron chi connectivity index (χ1n) is 9.45. The average Bonchev–Trinajstić information content (AvgIpc) is 3.28. The third kappa shape index (κ3) is 3.83. The van der Waals surface area contributed by atoms with Gasteiger partial charge >= 0.3 is 0 Å². The molecule has 0 fully saturated rings. The highest BCUT2D eigenvalue weighted by atomic mass is 35.5. The van der Waals surface area contributed by atoms with Crippen LogP contribution in [0.5, 0.6) is 0 Å². The van der Waals surface area contributed by atoms with Gasteiger partial charge in [0.1, 0.15) is 5.70 Å². The third-order valence-corrected chi connectivity index (χ3v) is 7.42. The fraction of sp³-hybridized carbons (Fsp3) is 0. The Kier molecular flexibility index (Phi) is 5.74. The Balaban J connectivity index is 1.69. The summed E-state index contributed by atoms with van der Waals surface area (Å²) in [6.07, 6.45) is 1.65.